The summed E-state index contributed by atoms with van der Waals surface area (Å²) in [6.45, 7) is 5.85. The van der Waals surface area contributed by atoms with E-state index in [1.54, 1.807) is 11.3 Å². The minimum Gasteiger partial charge on any atom is -0.369 e. The number of guanidine groups is 1. The van der Waals surface area contributed by atoms with Crippen LogP contribution in [0.5, 0.6) is 0 Å². The van der Waals surface area contributed by atoms with Gasteiger partial charge in [0.05, 0.1) is 6.54 Å². The van der Waals surface area contributed by atoms with Crippen LogP contribution in [0, 0.1) is 5.92 Å². The summed E-state index contributed by atoms with van der Waals surface area (Å²) in [6.07, 6.45) is 4.35. The fourth-order valence-corrected chi connectivity index (χ4v) is 4.19. The molecule has 3 heterocycles. The van der Waals surface area contributed by atoms with E-state index in [-0.39, 0.29) is 11.8 Å². The highest BCUT2D eigenvalue weighted by atomic mass is 32.1. The molecule has 2 aromatic heterocycles. The second-order valence-corrected chi connectivity index (χ2v) is 8.13. The fraction of sp³-hybridized carbons (Fsp3) is 0.476. The van der Waals surface area contributed by atoms with E-state index in [0.717, 1.165) is 62.8 Å². The van der Waals surface area contributed by atoms with Crippen LogP contribution in [-0.4, -0.2) is 43.0 Å². The first kappa shape index (κ1) is 21.1. The maximum atomic E-state index is 11.4. The minimum absolute atomic E-state index is 0.0238. The molecule has 1 saturated heterocycles. The first-order valence-corrected chi connectivity index (χ1v) is 11.1. The molecule has 0 aliphatic carbocycles. The summed E-state index contributed by atoms with van der Waals surface area (Å²) in [7, 11) is 0. The van der Waals surface area contributed by atoms with Crippen molar-refractivity contribution < 1.29 is 4.79 Å². The van der Waals surface area contributed by atoms with Crippen molar-refractivity contribution in [2.75, 3.05) is 31.1 Å². The zero-order chi connectivity index (χ0) is 20.5. The smallest absolute Gasteiger partial charge is 0.220 e. The largest absolute Gasteiger partial charge is 0.369 e. The average Bonchev–Trinajstić information content (AvgIpc) is 3.26. The molecule has 3 rings (SSSR count). The lowest BCUT2D eigenvalue weighted by Gasteiger charge is -2.32. The summed E-state index contributed by atoms with van der Waals surface area (Å²) in [5.41, 5.74) is 6.54. The fourth-order valence-electron chi connectivity index (χ4n) is 3.48. The van der Waals surface area contributed by atoms with E-state index in [0.29, 0.717) is 6.54 Å². The van der Waals surface area contributed by atoms with E-state index < -0.39 is 0 Å². The number of carbonyl (C=O) groups is 1. The molecule has 1 amide bonds. The predicted octanol–water partition coefficient (Wildman–Crippen LogP) is 2.14. The average molecular weight is 415 g/mol. The molecule has 0 spiro atoms. The van der Waals surface area contributed by atoms with Crippen LogP contribution in [0.2, 0.25) is 0 Å². The molecule has 0 unspecified atom stereocenters. The Labute approximate surface area is 176 Å². The van der Waals surface area contributed by atoms with Gasteiger partial charge in [-0.2, -0.15) is 0 Å². The Kier molecular flexibility index (Phi) is 7.86. The van der Waals surface area contributed by atoms with Gasteiger partial charge in [-0.25, -0.2) is 9.98 Å². The molecule has 0 radical (unpaired) electrons. The second kappa shape index (κ2) is 10.8. The van der Waals surface area contributed by atoms with Crippen LogP contribution in [-0.2, 0) is 17.8 Å². The third-order valence-electron chi connectivity index (χ3n) is 5.06. The standard InChI is InChI=1S/C21H30N6OS/c1-2-23-21(25-11-7-18-6-4-14-29-18)26-15-17-5-3-10-24-20(17)27-12-8-16(9-13-27)19(22)28/h3-6,10,14,16H,2,7-9,11-13,15H2,1H3,(H2,22,28)(H2,23,25,26). The number of anilines is 1. The summed E-state index contributed by atoms with van der Waals surface area (Å²) in [5.74, 6) is 1.55. The van der Waals surface area contributed by atoms with E-state index in [4.69, 9.17) is 10.7 Å². The first-order valence-electron chi connectivity index (χ1n) is 10.2. The molecule has 1 aliphatic rings. The molecule has 29 heavy (non-hydrogen) atoms. The molecule has 1 fully saturated rings. The molecule has 8 heteroatoms. The van der Waals surface area contributed by atoms with Crippen molar-refractivity contribution in [3.63, 3.8) is 0 Å². The Balaban J connectivity index is 1.61. The number of aliphatic imine (C=N–C) groups is 1. The Bertz CT molecular complexity index is 799. The van der Waals surface area contributed by atoms with Crippen molar-refractivity contribution >= 4 is 29.0 Å². The summed E-state index contributed by atoms with van der Waals surface area (Å²) in [5, 5.41) is 8.82. The molecule has 0 atom stereocenters. The topological polar surface area (TPSA) is 95.6 Å². The summed E-state index contributed by atoms with van der Waals surface area (Å²) < 4.78 is 0. The molecule has 0 bridgehead atoms. The highest BCUT2D eigenvalue weighted by Gasteiger charge is 2.24. The predicted molar refractivity (Wildman–Crippen MR) is 119 cm³/mol. The van der Waals surface area contributed by atoms with Crippen molar-refractivity contribution in [1.29, 1.82) is 0 Å². The minimum atomic E-state index is -0.195. The summed E-state index contributed by atoms with van der Waals surface area (Å²) in [4.78, 5) is 24.4. The van der Waals surface area contributed by atoms with Gasteiger partial charge in [-0.15, -0.1) is 11.3 Å². The zero-order valence-corrected chi connectivity index (χ0v) is 17.8. The quantitative estimate of drug-likeness (QED) is 0.454. The SMILES string of the molecule is CCNC(=NCc1cccnc1N1CCC(C(N)=O)CC1)NCCc1cccs1. The highest BCUT2D eigenvalue weighted by Crippen LogP contribution is 2.24. The summed E-state index contributed by atoms with van der Waals surface area (Å²) >= 11 is 1.77. The molecule has 0 aromatic carbocycles. The lowest BCUT2D eigenvalue weighted by molar-refractivity contribution is -0.122. The van der Waals surface area contributed by atoms with Gasteiger partial charge in [0.1, 0.15) is 5.82 Å². The number of hydrogen-bond donors (Lipinski definition) is 3. The number of pyridine rings is 1. The Morgan fingerprint density at radius 2 is 2.14 bits per heavy atom. The van der Waals surface area contributed by atoms with Crippen molar-refractivity contribution in [2.45, 2.75) is 32.7 Å². The molecule has 2 aromatic rings. The van der Waals surface area contributed by atoms with Gasteiger partial charge in [-0.1, -0.05) is 12.1 Å². The van der Waals surface area contributed by atoms with Crippen molar-refractivity contribution in [2.24, 2.45) is 16.6 Å². The second-order valence-electron chi connectivity index (χ2n) is 7.10. The van der Waals surface area contributed by atoms with Crippen LogP contribution in [0.15, 0.2) is 40.8 Å². The number of carbonyl (C=O) groups excluding carboxylic acids is 1. The number of primary amides is 1. The first-order chi connectivity index (χ1) is 14.2. The van der Waals surface area contributed by atoms with E-state index in [2.05, 4.69) is 51.0 Å². The lowest BCUT2D eigenvalue weighted by atomic mass is 9.96. The molecule has 4 N–H and O–H groups in total. The third kappa shape index (κ3) is 6.19. The van der Waals surface area contributed by atoms with Crippen LogP contribution < -0.4 is 21.3 Å². The molecular weight excluding hydrogens is 384 g/mol. The number of nitrogens with zero attached hydrogens (tertiary/aromatic N) is 3. The van der Waals surface area contributed by atoms with Crippen LogP contribution >= 0.6 is 11.3 Å². The van der Waals surface area contributed by atoms with Gasteiger partial charge in [0, 0.05) is 48.7 Å². The van der Waals surface area contributed by atoms with E-state index >= 15 is 0 Å². The number of nitrogens with two attached hydrogens (primary N) is 1. The van der Waals surface area contributed by atoms with Crippen LogP contribution in [0.4, 0.5) is 5.82 Å². The van der Waals surface area contributed by atoms with Gasteiger partial charge in [-0.3, -0.25) is 4.79 Å². The van der Waals surface area contributed by atoms with Crippen LogP contribution in [0.3, 0.4) is 0 Å². The molecule has 7 nitrogen and oxygen atoms in total. The van der Waals surface area contributed by atoms with Crippen molar-refractivity contribution in [3.05, 3.63) is 46.3 Å². The number of rotatable bonds is 8. The van der Waals surface area contributed by atoms with Gasteiger partial charge in [0.15, 0.2) is 5.96 Å². The van der Waals surface area contributed by atoms with Gasteiger partial charge < -0.3 is 21.3 Å². The molecular formula is C21H30N6OS. The van der Waals surface area contributed by atoms with E-state index in [1.807, 2.05) is 12.3 Å². The van der Waals surface area contributed by atoms with E-state index in [1.165, 1.54) is 4.88 Å². The third-order valence-corrected chi connectivity index (χ3v) is 6.00. The van der Waals surface area contributed by atoms with Gasteiger partial charge >= 0.3 is 0 Å². The summed E-state index contributed by atoms with van der Waals surface area (Å²) in [6, 6.07) is 8.25. The maximum absolute atomic E-state index is 11.4. The maximum Gasteiger partial charge on any atom is 0.220 e. The molecule has 1 aliphatic heterocycles. The van der Waals surface area contributed by atoms with Gasteiger partial charge in [0.25, 0.3) is 0 Å². The Morgan fingerprint density at radius 1 is 1.31 bits per heavy atom. The lowest BCUT2D eigenvalue weighted by Crippen LogP contribution is -2.39. The number of thiophene rings is 1. The molecule has 156 valence electrons. The van der Waals surface area contributed by atoms with E-state index in [9.17, 15) is 4.79 Å². The van der Waals surface area contributed by atoms with Crippen LogP contribution in [0.25, 0.3) is 0 Å². The number of aromatic nitrogens is 1. The van der Waals surface area contributed by atoms with Crippen molar-refractivity contribution in [1.82, 2.24) is 15.6 Å². The van der Waals surface area contributed by atoms with Gasteiger partial charge in [-0.05, 0) is 43.7 Å². The number of hydrogen-bond acceptors (Lipinski definition) is 5. The zero-order valence-electron chi connectivity index (χ0n) is 16.9. The highest BCUT2D eigenvalue weighted by molar-refractivity contribution is 7.09. The number of nitrogens with one attached hydrogen (secondary N) is 2. The normalized spacial score (nSPS) is 15.3. The van der Waals surface area contributed by atoms with Crippen molar-refractivity contribution in [3.8, 4) is 0 Å². The van der Waals surface area contributed by atoms with Crippen LogP contribution in [0.1, 0.15) is 30.2 Å². The monoisotopic (exact) mass is 414 g/mol. The Hall–Kier alpha value is -2.61. The Morgan fingerprint density at radius 3 is 2.83 bits per heavy atom. The molecule has 0 saturated carbocycles. The number of piperidine rings is 1. The number of amides is 1. The van der Waals surface area contributed by atoms with Gasteiger partial charge in [0.2, 0.25) is 5.91 Å².